The number of amides is 4. The molecule has 1 aromatic heterocycles. The quantitative estimate of drug-likeness (QED) is 0.247. The second kappa shape index (κ2) is 16.3. The molecule has 3 saturated heterocycles. The summed E-state index contributed by atoms with van der Waals surface area (Å²) in [7, 11) is 0. The second-order valence-electron chi connectivity index (χ2n) is 17.9. The Morgan fingerprint density at radius 3 is 2.33 bits per heavy atom. The third-order valence-electron chi connectivity index (χ3n) is 13.4. The van der Waals surface area contributed by atoms with Gasteiger partial charge >= 0.3 is 0 Å². The average molecular weight is 838 g/mol. The van der Waals surface area contributed by atoms with Gasteiger partial charge in [-0.15, -0.1) is 0 Å². The Hall–Kier alpha value is -5.30. The number of ether oxygens (including phenoxy) is 1. The summed E-state index contributed by atoms with van der Waals surface area (Å²) in [5, 5.41) is 26.1. The summed E-state index contributed by atoms with van der Waals surface area (Å²) >= 11 is 6.25. The fourth-order valence-corrected chi connectivity index (χ4v) is 10.4. The molecular formula is C44H52ClN9O6. The van der Waals surface area contributed by atoms with E-state index in [0.29, 0.717) is 46.9 Å². The Morgan fingerprint density at radius 2 is 1.68 bits per heavy atom. The number of carbonyl (C=O) groups is 4. The zero-order valence-corrected chi connectivity index (χ0v) is 35.2. The number of benzene rings is 2. The van der Waals surface area contributed by atoms with Crippen LogP contribution in [0.15, 0.2) is 48.7 Å². The maximum atomic E-state index is 13.5. The lowest BCUT2D eigenvalue weighted by Gasteiger charge is -2.63. The number of aromatic nitrogens is 2. The molecule has 2 unspecified atom stereocenters. The number of rotatable bonds is 10. The Bertz CT molecular complexity index is 2200. The highest BCUT2D eigenvalue weighted by Crippen LogP contribution is 2.55. The minimum absolute atomic E-state index is 0.0979. The fourth-order valence-electron chi connectivity index (χ4n) is 10.2. The number of hydrogen-bond acceptors (Lipinski definition) is 12. The predicted octanol–water partition coefficient (Wildman–Crippen LogP) is 4.29. The van der Waals surface area contributed by atoms with E-state index in [1.165, 1.54) is 6.20 Å². The molecule has 3 aromatic rings. The van der Waals surface area contributed by atoms with Crippen LogP contribution in [0.25, 0.3) is 0 Å². The van der Waals surface area contributed by atoms with Gasteiger partial charge in [0.15, 0.2) is 6.23 Å². The number of carbonyl (C=O) groups excluding carboxylic acids is 4. The maximum Gasteiger partial charge on any atom is 0.260 e. The van der Waals surface area contributed by atoms with E-state index in [4.69, 9.17) is 16.3 Å². The first-order valence-electron chi connectivity index (χ1n) is 20.9. The molecule has 5 aliphatic rings. The van der Waals surface area contributed by atoms with Crippen molar-refractivity contribution in [2.75, 3.05) is 55.6 Å². The van der Waals surface area contributed by atoms with E-state index in [1.54, 1.807) is 18.2 Å². The smallest absolute Gasteiger partial charge is 0.260 e. The molecule has 8 rings (SSSR count). The molecule has 3 N–H and O–H groups in total. The molecule has 0 bridgehead atoms. The first-order valence-corrected chi connectivity index (χ1v) is 21.2. The van der Waals surface area contributed by atoms with Gasteiger partial charge in [-0.1, -0.05) is 39.3 Å². The van der Waals surface area contributed by atoms with Crippen molar-refractivity contribution in [3.8, 4) is 11.8 Å². The molecule has 2 aromatic carbocycles. The van der Waals surface area contributed by atoms with Crippen molar-refractivity contribution < 1.29 is 29.0 Å². The number of hydrogen-bond donors (Lipinski definition) is 3. The van der Waals surface area contributed by atoms with Gasteiger partial charge in [0.1, 0.15) is 29.7 Å². The van der Waals surface area contributed by atoms with Gasteiger partial charge in [-0.05, 0) is 74.5 Å². The molecule has 1 saturated carbocycles. The van der Waals surface area contributed by atoms with Crippen LogP contribution < -0.4 is 25.2 Å². The van der Waals surface area contributed by atoms with Gasteiger partial charge in [0, 0.05) is 86.1 Å². The van der Waals surface area contributed by atoms with Crippen molar-refractivity contribution in [1.29, 1.82) is 5.26 Å². The van der Waals surface area contributed by atoms with Gasteiger partial charge in [-0.2, -0.15) is 5.26 Å². The minimum Gasteiger partial charge on any atom is -0.489 e. The summed E-state index contributed by atoms with van der Waals surface area (Å²) in [5.41, 5.74) is 1.81. The normalized spacial score (nSPS) is 25.3. The van der Waals surface area contributed by atoms with Crippen molar-refractivity contribution in [2.45, 2.75) is 84.2 Å². The molecule has 0 radical (unpaired) electrons. The number of piperidine rings is 2. The van der Waals surface area contributed by atoms with Crippen LogP contribution in [-0.4, -0.2) is 113 Å². The van der Waals surface area contributed by atoms with Crippen LogP contribution in [-0.2, 0) is 9.59 Å². The van der Waals surface area contributed by atoms with Crippen molar-refractivity contribution in [3.63, 3.8) is 0 Å². The van der Waals surface area contributed by atoms with E-state index in [9.17, 15) is 29.5 Å². The molecule has 60 heavy (non-hydrogen) atoms. The van der Waals surface area contributed by atoms with Gasteiger partial charge in [-0.25, -0.2) is 9.97 Å². The molecule has 4 amide bonds. The molecule has 4 fully saturated rings. The number of anilines is 2. The van der Waals surface area contributed by atoms with Crippen molar-refractivity contribution in [3.05, 3.63) is 76.1 Å². The van der Waals surface area contributed by atoms with Gasteiger partial charge < -0.3 is 25.0 Å². The van der Waals surface area contributed by atoms with Crippen LogP contribution in [0.5, 0.6) is 5.75 Å². The number of imide groups is 1. The van der Waals surface area contributed by atoms with Crippen LogP contribution in [0.1, 0.15) is 98.0 Å². The molecule has 16 heteroatoms. The molecule has 316 valence electrons. The van der Waals surface area contributed by atoms with Gasteiger partial charge in [0.2, 0.25) is 17.8 Å². The third kappa shape index (κ3) is 7.76. The molecule has 5 heterocycles. The summed E-state index contributed by atoms with van der Waals surface area (Å²) in [6, 6.07) is 14.0. The SMILES string of the molecule is CC1(C)C(NC(=O)c2ccc(N3CCC(CCN4CCN(c5ncc6c(n5)C(O)N(C5CCC(=O)NC5=O)C6=O)CC4)CC3)cc2)C(C)(C)C1Oc1ccc(C#N)c(Cl)c1. The van der Waals surface area contributed by atoms with Crippen LogP contribution in [0, 0.1) is 28.1 Å². The Balaban J connectivity index is 0.769. The Morgan fingerprint density at radius 1 is 0.983 bits per heavy atom. The van der Waals surface area contributed by atoms with E-state index in [1.807, 2.05) is 24.3 Å². The van der Waals surface area contributed by atoms with Crippen molar-refractivity contribution >= 4 is 46.9 Å². The maximum absolute atomic E-state index is 13.5. The number of aliphatic hydroxyl groups excluding tert-OH is 1. The minimum atomic E-state index is -1.38. The van der Waals surface area contributed by atoms with E-state index in [2.05, 4.69) is 69.1 Å². The number of halogens is 1. The van der Waals surface area contributed by atoms with Crippen molar-refractivity contribution in [2.24, 2.45) is 16.7 Å². The zero-order valence-electron chi connectivity index (χ0n) is 34.5. The second-order valence-corrected chi connectivity index (χ2v) is 18.3. The summed E-state index contributed by atoms with van der Waals surface area (Å²) in [6.45, 7) is 14.4. The summed E-state index contributed by atoms with van der Waals surface area (Å²) in [4.78, 5) is 67.7. The summed E-state index contributed by atoms with van der Waals surface area (Å²) < 4.78 is 6.38. The number of nitriles is 1. The molecule has 0 spiro atoms. The molecule has 1 aliphatic carbocycles. The zero-order chi connectivity index (χ0) is 42.5. The number of fused-ring (bicyclic) bond motifs is 1. The number of piperazine rings is 1. The average Bonchev–Trinajstić information content (AvgIpc) is 3.49. The fraction of sp³-hybridized carbons (Fsp3) is 0.523. The van der Waals surface area contributed by atoms with Gasteiger partial charge in [0.05, 0.1) is 16.1 Å². The van der Waals surface area contributed by atoms with Crippen molar-refractivity contribution in [1.82, 2.24) is 30.4 Å². The standard InChI is InChI=1S/C44H52ClN9O6/c1-43(2)40(44(3,4)41(43)60-30-10-7-28(24-46)32(45)23-30)50-36(56)27-5-8-29(9-6-27)52-17-14-26(15-18-52)13-16-51-19-21-53(22-20-51)42-47-25-31-35(49-42)39(59)54(38(31)58)33-11-12-34(55)48-37(33)57/h5-10,23,25-26,33,39-41,59H,11-22H2,1-4H3,(H,50,56)(H,48,55,57). The highest BCUT2D eigenvalue weighted by molar-refractivity contribution is 6.31. The van der Waals surface area contributed by atoms with E-state index < -0.39 is 24.1 Å². The molecule has 4 aliphatic heterocycles. The Labute approximate surface area is 355 Å². The summed E-state index contributed by atoms with van der Waals surface area (Å²) in [6.07, 6.45) is 3.45. The summed E-state index contributed by atoms with van der Waals surface area (Å²) in [5.74, 6) is 0.0722. The van der Waals surface area contributed by atoms with Gasteiger partial charge in [-0.3, -0.25) is 34.3 Å². The van der Waals surface area contributed by atoms with E-state index in [0.717, 1.165) is 62.6 Å². The van der Waals surface area contributed by atoms with E-state index >= 15 is 0 Å². The number of nitrogens with zero attached hydrogens (tertiary/aromatic N) is 7. The van der Waals surface area contributed by atoms with E-state index in [-0.39, 0.29) is 58.9 Å². The third-order valence-corrected chi connectivity index (χ3v) is 13.7. The largest absolute Gasteiger partial charge is 0.489 e. The lowest BCUT2D eigenvalue weighted by molar-refractivity contribution is -0.164. The highest BCUT2D eigenvalue weighted by Gasteiger charge is 2.64. The topological polar surface area (TPSA) is 184 Å². The molecule has 2 atom stereocenters. The van der Waals surface area contributed by atoms with Crippen LogP contribution in [0.4, 0.5) is 11.6 Å². The van der Waals surface area contributed by atoms with Gasteiger partial charge in [0.25, 0.3) is 11.8 Å². The highest BCUT2D eigenvalue weighted by atomic mass is 35.5. The number of aliphatic hydroxyl groups is 1. The lowest BCUT2D eigenvalue weighted by atomic mass is 9.49. The predicted molar refractivity (Wildman–Crippen MR) is 223 cm³/mol. The lowest BCUT2D eigenvalue weighted by Crippen LogP contribution is -2.74. The first-order chi connectivity index (χ1) is 28.6. The van der Waals surface area contributed by atoms with Crippen LogP contribution in [0.2, 0.25) is 5.02 Å². The number of nitrogens with one attached hydrogen (secondary N) is 2. The molecular weight excluding hydrogens is 786 g/mol. The monoisotopic (exact) mass is 837 g/mol. The van der Waals surface area contributed by atoms with Crippen LogP contribution >= 0.6 is 11.6 Å². The molecule has 15 nitrogen and oxygen atoms in total. The Kier molecular flexibility index (Phi) is 11.2. The first kappa shape index (κ1) is 41.4. The van der Waals surface area contributed by atoms with Crippen LogP contribution in [0.3, 0.4) is 0 Å².